The second-order valence-corrected chi connectivity index (χ2v) is 6.99. The Morgan fingerprint density at radius 1 is 1.00 bits per heavy atom. The van der Waals surface area contributed by atoms with Gasteiger partial charge in [-0.1, -0.05) is 32.0 Å². The number of benzene rings is 2. The fourth-order valence-electron chi connectivity index (χ4n) is 2.98. The quantitative estimate of drug-likeness (QED) is 0.734. The van der Waals surface area contributed by atoms with Gasteiger partial charge in [0.15, 0.2) is 11.5 Å². The highest BCUT2D eigenvalue weighted by atomic mass is 16.5. The zero-order chi connectivity index (χ0) is 19.8. The first-order chi connectivity index (χ1) is 13.0. The average molecular weight is 370 g/mol. The molecule has 0 aliphatic heterocycles. The highest BCUT2D eigenvalue weighted by Gasteiger charge is 2.17. The van der Waals surface area contributed by atoms with Crippen molar-refractivity contribution < 1.29 is 14.3 Å². The molecule has 0 spiro atoms. The van der Waals surface area contributed by atoms with Crippen LogP contribution in [0.3, 0.4) is 0 Å². The topological polar surface area (TPSA) is 64.8 Å². The molecular formula is C22H30N2O3. The van der Waals surface area contributed by atoms with E-state index in [2.05, 4.69) is 13.8 Å². The van der Waals surface area contributed by atoms with Crippen molar-refractivity contribution in [1.82, 2.24) is 4.90 Å². The molecule has 0 fully saturated rings. The van der Waals surface area contributed by atoms with Crippen LogP contribution in [0.25, 0.3) is 0 Å². The number of nitrogens with two attached hydrogens (primary N) is 1. The minimum absolute atomic E-state index is 0.0488. The van der Waals surface area contributed by atoms with Gasteiger partial charge in [0, 0.05) is 25.2 Å². The van der Waals surface area contributed by atoms with Gasteiger partial charge in [0.1, 0.15) is 0 Å². The molecule has 0 saturated heterocycles. The second-order valence-electron chi connectivity index (χ2n) is 6.99. The fourth-order valence-corrected chi connectivity index (χ4v) is 2.98. The number of carbonyl (C=O) groups is 1. The summed E-state index contributed by atoms with van der Waals surface area (Å²) in [4.78, 5) is 14.9. The summed E-state index contributed by atoms with van der Waals surface area (Å²) in [7, 11) is 3.25. The van der Waals surface area contributed by atoms with Crippen LogP contribution >= 0.6 is 0 Å². The van der Waals surface area contributed by atoms with Gasteiger partial charge in [-0.3, -0.25) is 4.79 Å². The molecule has 5 nitrogen and oxygen atoms in total. The second kappa shape index (κ2) is 9.97. The molecule has 2 aromatic rings. The smallest absolute Gasteiger partial charge is 0.253 e. The van der Waals surface area contributed by atoms with E-state index >= 15 is 0 Å². The number of rotatable bonds is 9. The number of hydrogen-bond donors (Lipinski definition) is 1. The van der Waals surface area contributed by atoms with Crippen LogP contribution in [0.15, 0.2) is 42.5 Å². The van der Waals surface area contributed by atoms with Gasteiger partial charge in [0.05, 0.1) is 14.2 Å². The van der Waals surface area contributed by atoms with Gasteiger partial charge in [0.2, 0.25) is 0 Å². The predicted molar refractivity (Wildman–Crippen MR) is 108 cm³/mol. The van der Waals surface area contributed by atoms with Crippen molar-refractivity contribution in [2.75, 3.05) is 27.3 Å². The van der Waals surface area contributed by atoms with Crippen LogP contribution in [0.4, 0.5) is 0 Å². The summed E-state index contributed by atoms with van der Waals surface area (Å²) in [5, 5.41) is 0. The number of amides is 1. The van der Waals surface area contributed by atoms with Gasteiger partial charge < -0.3 is 20.1 Å². The first-order valence-electron chi connectivity index (χ1n) is 9.27. The summed E-state index contributed by atoms with van der Waals surface area (Å²) in [5.74, 6) is 1.85. The van der Waals surface area contributed by atoms with Gasteiger partial charge in [0.25, 0.3) is 5.91 Å². The molecule has 0 bridgehead atoms. The summed E-state index contributed by atoms with van der Waals surface area (Å²) in [6.45, 7) is 6.07. The molecule has 2 rings (SSSR count). The van der Waals surface area contributed by atoms with Gasteiger partial charge in [-0.2, -0.15) is 0 Å². The van der Waals surface area contributed by atoms with Crippen molar-refractivity contribution >= 4 is 5.91 Å². The highest BCUT2D eigenvalue weighted by molar-refractivity contribution is 5.94. The summed E-state index contributed by atoms with van der Waals surface area (Å²) in [6.07, 6.45) is 0.750. The van der Waals surface area contributed by atoms with Crippen molar-refractivity contribution in [3.63, 3.8) is 0 Å². The largest absolute Gasteiger partial charge is 0.493 e. The molecule has 0 radical (unpaired) electrons. The highest BCUT2D eigenvalue weighted by Crippen LogP contribution is 2.27. The third-order valence-corrected chi connectivity index (χ3v) is 4.43. The Morgan fingerprint density at radius 2 is 1.63 bits per heavy atom. The van der Waals surface area contributed by atoms with E-state index in [4.69, 9.17) is 15.2 Å². The number of methoxy groups -OCH3 is 2. The first-order valence-corrected chi connectivity index (χ1v) is 9.27. The molecular weight excluding hydrogens is 340 g/mol. The lowest BCUT2D eigenvalue weighted by Crippen LogP contribution is -2.36. The molecule has 0 unspecified atom stereocenters. The molecule has 1 amide bonds. The minimum atomic E-state index is 0.0488. The van der Waals surface area contributed by atoms with Crippen LogP contribution in [0.5, 0.6) is 11.5 Å². The first kappa shape index (κ1) is 20.8. The van der Waals surface area contributed by atoms with Crippen molar-refractivity contribution in [3.05, 3.63) is 59.2 Å². The maximum atomic E-state index is 13.0. The summed E-state index contributed by atoms with van der Waals surface area (Å²) in [5.41, 5.74) is 8.46. The van der Waals surface area contributed by atoms with E-state index in [1.54, 1.807) is 14.2 Å². The Balaban J connectivity index is 2.12. The van der Waals surface area contributed by atoms with Crippen molar-refractivity contribution in [3.8, 4) is 11.5 Å². The number of carbonyl (C=O) groups excluding carboxylic acids is 1. The van der Waals surface area contributed by atoms with Crippen LogP contribution in [0, 0.1) is 5.92 Å². The normalized spacial score (nSPS) is 10.7. The van der Waals surface area contributed by atoms with Crippen molar-refractivity contribution in [1.29, 1.82) is 0 Å². The molecule has 0 aliphatic rings. The lowest BCUT2D eigenvalue weighted by molar-refractivity contribution is 0.0738. The zero-order valence-electron chi connectivity index (χ0n) is 16.7. The van der Waals surface area contributed by atoms with Crippen LogP contribution in [-0.2, 0) is 13.0 Å². The van der Waals surface area contributed by atoms with Crippen LogP contribution in [0.2, 0.25) is 0 Å². The van der Waals surface area contributed by atoms with Crippen molar-refractivity contribution in [2.24, 2.45) is 11.7 Å². The Hall–Kier alpha value is -2.53. The molecule has 146 valence electrons. The third-order valence-electron chi connectivity index (χ3n) is 4.43. The average Bonchev–Trinajstić information content (AvgIpc) is 2.70. The minimum Gasteiger partial charge on any atom is -0.493 e. The Morgan fingerprint density at radius 3 is 2.19 bits per heavy atom. The molecule has 2 aromatic carbocycles. The number of ether oxygens (including phenoxy) is 2. The molecule has 0 heterocycles. The van der Waals surface area contributed by atoms with E-state index in [9.17, 15) is 4.79 Å². The molecule has 0 aromatic heterocycles. The predicted octanol–water partition coefficient (Wildman–Crippen LogP) is 3.50. The zero-order valence-corrected chi connectivity index (χ0v) is 16.7. The van der Waals surface area contributed by atoms with Crippen LogP contribution in [0.1, 0.15) is 35.3 Å². The Kier molecular flexibility index (Phi) is 7.67. The Bertz CT molecular complexity index is 742. The van der Waals surface area contributed by atoms with E-state index in [0.717, 1.165) is 17.5 Å². The Labute approximate surface area is 162 Å². The SMILES string of the molecule is COc1ccc(CCN(CC(C)C)C(=O)c2ccc(CN)cc2)cc1OC. The van der Waals surface area contributed by atoms with E-state index in [0.29, 0.717) is 42.6 Å². The van der Waals surface area contributed by atoms with E-state index in [1.165, 1.54) is 0 Å². The number of nitrogens with zero attached hydrogens (tertiary/aromatic N) is 1. The van der Waals surface area contributed by atoms with Gasteiger partial charge >= 0.3 is 0 Å². The monoisotopic (exact) mass is 370 g/mol. The maximum Gasteiger partial charge on any atom is 0.253 e. The van der Waals surface area contributed by atoms with E-state index in [-0.39, 0.29) is 5.91 Å². The molecule has 5 heteroatoms. The molecule has 27 heavy (non-hydrogen) atoms. The lowest BCUT2D eigenvalue weighted by atomic mass is 10.1. The van der Waals surface area contributed by atoms with Gasteiger partial charge in [-0.05, 0) is 47.7 Å². The summed E-state index contributed by atoms with van der Waals surface area (Å²) in [6, 6.07) is 13.4. The molecule has 0 saturated carbocycles. The number of hydrogen-bond acceptors (Lipinski definition) is 4. The fraction of sp³-hybridized carbons (Fsp3) is 0.409. The van der Waals surface area contributed by atoms with Gasteiger partial charge in [-0.25, -0.2) is 0 Å². The standard InChI is InChI=1S/C22H30N2O3/c1-16(2)15-24(22(25)19-8-5-18(14-23)6-9-19)12-11-17-7-10-20(26-3)21(13-17)27-4/h5-10,13,16H,11-12,14-15,23H2,1-4H3. The van der Waals surface area contributed by atoms with Crippen LogP contribution < -0.4 is 15.2 Å². The molecule has 0 atom stereocenters. The van der Waals surface area contributed by atoms with E-state index < -0.39 is 0 Å². The maximum absolute atomic E-state index is 13.0. The lowest BCUT2D eigenvalue weighted by Gasteiger charge is -2.25. The van der Waals surface area contributed by atoms with Crippen LogP contribution in [-0.4, -0.2) is 38.1 Å². The molecule has 2 N–H and O–H groups in total. The van der Waals surface area contributed by atoms with E-state index in [1.807, 2.05) is 47.4 Å². The molecule has 0 aliphatic carbocycles. The third kappa shape index (κ3) is 5.73. The van der Waals surface area contributed by atoms with Crippen molar-refractivity contribution in [2.45, 2.75) is 26.8 Å². The summed E-state index contributed by atoms with van der Waals surface area (Å²) < 4.78 is 10.7. The summed E-state index contributed by atoms with van der Waals surface area (Å²) >= 11 is 0. The van der Waals surface area contributed by atoms with Gasteiger partial charge in [-0.15, -0.1) is 0 Å².